The van der Waals surface area contributed by atoms with E-state index in [2.05, 4.69) is 29.0 Å². The van der Waals surface area contributed by atoms with Crippen LogP contribution in [0.25, 0.3) is 0 Å². The molecule has 1 amide bonds. The number of hydrogen-bond acceptors (Lipinski definition) is 4. The van der Waals surface area contributed by atoms with Crippen LogP contribution in [0.4, 0.5) is 18.0 Å². The summed E-state index contributed by atoms with van der Waals surface area (Å²) < 4.78 is 54.3. The Kier molecular flexibility index (Phi) is 8.85. The molecule has 0 aromatic heterocycles. The zero-order chi connectivity index (χ0) is 28.0. The van der Waals surface area contributed by atoms with Gasteiger partial charge in [-0.05, 0) is 56.0 Å². The molecule has 0 N–H and O–H groups in total. The molecule has 39 heavy (non-hydrogen) atoms. The molecule has 1 saturated heterocycles. The van der Waals surface area contributed by atoms with Gasteiger partial charge in [-0.1, -0.05) is 72.8 Å². The monoisotopic (exact) mass is 541 g/mol. The number of carbonyl (C=O) groups is 1. The highest BCUT2D eigenvalue weighted by Gasteiger charge is 2.40. The fourth-order valence-electron chi connectivity index (χ4n) is 5.02. The van der Waals surface area contributed by atoms with Gasteiger partial charge in [0.1, 0.15) is 11.4 Å². The van der Waals surface area contributed by atoms with Crippen molar-refractivity contribution in [2.45, 2.75) is 57.8 Å². The number of likely N-dealkylation sites (tertiary alicyclic amines) is 1. The van der Waals surface area contributed by atoms with Crippen LogP contribution in [-0.4, -0.2) is 42.2 Å². The third kappa shape index (κ3) is 8.23. The summed E-state index contributed by atoms with van der Waals surface area (Å²) in [5.41, 5.74) is 2.13. The van der Waals surface area contributed by atoms with E-state index in [-0.39, 0.29) is 36.4 Å². The van der Waals surface area contributed by atoms with Crippen molar-refractivity contribution in [3.05, 3.63) is 102 Å². The van der Waals surface area contributed by atoms with E-state index in [0.717, 1.165) is 11.1 Å². The topological polar surface area (TPSA) is 48.0 Å². The van der Waals surface area contributed by atoms with Gasteiger partial charge in [0.25, 0.3) is 0 Å². The molecule has 1 fully saturated rings. The normalized spacial score (nSPS) is 18.2. The van der Waals surface area contributed by atoms with Gasteiger partial charge in [0.2, 0.25) is 0 Å². The third-order valence-corrected chi connectivity index (χ3v) is 6.59. The number of benzene rings is 3. The fourth-order valence-corrected chi connectivity index (χ4v) is 5.02. The maximum absolute atomic E-state index is 13.0. The highest BCUT2D eigenvalue weighted by atomic mass is 19.4. The van der Waals surface area contributed by atoms with Crippen molar-refractivity contribution in [1.29, 1.82) is 0 Å². The summed E-state index contributed by atoms with van der Waals surface area (Å²) in [6.45, 7) is 6.48. The molecule has 208 valence electrons. The first-order chi connectivity index (χ1) is 18.5. The summed E-state index contributed by atoms with van der Waals surface area (Å²) in [6.07, 6.45) is -4.85. The van der Waals surface area contributed by atoms with Gasteiger partial charge in [-0.25, -0.2) is 4.79 Å². The summed E-state index contributed by atoms with van der Waals surface area (Å²) in [7, 11) is 0. The Morgan fingerprint density at radius 3 is 2.10 bits per heavy atom. The molecule has 1 heterocycles. The van der Waals surface area contributed by atoms with Crippen LogP contribution in [0.15, 0.2) is 84.9 Å². The van der Waals surface area contributed by atoms with Crippen molar-refractivity contribution in [2.75, 3.05) is 13.1 Å². The van der Waals surface area contributed by atoms with E-state index in [9.17, 15) is 18.0 Å². The van der Waals surface area contributed by atoms with Gasteiger partial charge in [0.05, 0.1) is 12.7 Å². The summed E-state index contributed by atoms with van der Waals surface area (Å²) >= 11 is 0. The number of nitrogens with zero attached hydrogens (tertiary/aromatic N) is 1. The van der Waals surface area contributed by atoms with E-state index in [1.807, 2.05) is 57.2 Å². The van der Waals surface area contributed by atoms with Crippen LogP contribution in [0.5, 0.6) is 5.75 Å². The smallest absolute Gasteiger partial charge is 0.444 e. The molecule has 3 aromatic rings. The minimum atomic E-state index is -4.77. The molecule has 0 bridgehead atoms. The molecule has 0 aliphatic carbocycles. The number of amides is 1. The summed E-state index contributed by atoms with van der Waals surface area (Å²) in [5.74, 6) is -0.500. The van der Waals surface area contributed by atoms with Crippen LogP contribution in [-0.2, 0) is 16.1 Å². The van der Waals surface area contributed by atoms with Crippen molar-refractivity contribution in [3.63, 3.8) is 0 Å². The van der Waals surface area contributed by atoms with E-state index < -0.39 is 12.0 Å². The van der Waals surface area contributed by atoms with Crippen LogP contribution in [0, 0.1) is 5.92 Å². The highest BCUT2D eigenvalue weighted by molar-refractivity contribution is 5.68. The van der Waals surface area contributed by atoms with Gasteiger partial charge < -0.3 is 19.1 Å². The predicted molar refractivity (Wildman–Crippen MR) is 142 cm³/mol. The van der Waals surface area contributed by atoms with E-state index >= 15 is 0 Å². The Morgan fingerprint density at radius 2 is 1.54 bits per heavy atom. The van der Waals surface area contributed by atoms with Crippen molar-refractivity contribution in [1.82, 2.24) is 4.90 Å². The van der Waals surface area contributed by atoms with Crippen LogP contribution < -0.4 is 4.74 Å². The van der Waals surface area contributed by atoms with Gasteiger partial charge in [0, 0.05) is 24.9 Å². The first-order valence-corrected chi connectivity index (χ1v) is 13.0. The molecule has 4 rings (SSSR count). The van der Waals surface area contributed by atoms with Gasteiger partial charge in [-0.15, -0.1) is 13.2 Å². The quantitative estimate of drug-likeness (QED) is 0.310. The Morgan fingerprint density at radius 1 is 0.923 bits per heavy atom. The van der Waals surface area contributed by atoms with Crippen molar-refractivity contribution < 1.29 is 32.2 Å². The largest absolute Gasteiger partial charge is 0.573 e. The maximum Gasteiger partial charge on any atom is 0.573 e. The zero-order valence-corrected chi connectivity index (χ0v) is 22.4. The fraction of sp³-hybridized carbons (Fsp3) is 0.387. The summed E-state index contributed by atoms with van der Waals surface area (Å²) in [5, 5.41) is 0. The van der Waals surface area contributed by atoms with Crippen LogP contribution >= 0.6 is 0 Å². The van der Waals surface area contributed by atoms with Crippen molar-refractivity contribution >= 4 is 6.09 Å². The Balaban J connectivity index is 1.62. The third-order valence-electron chi connectivity index (χ3n) is 6.59. The minimum absolute atomic E-state index is 0.0810. The lowest BCUT2D eigenvalue weighted by molar-refractivity contribution is -0.274. The van der Waals surface area contributed by atoms with E-state index in [0.29, 0.717) is 25.1 Å². The molecule has 0 radical (unpaired) electrons. The lowest BCUT2D eigenvalue weighted by atomic mass is 9.75. The molecule has 1 aliphatic rings. The summed E-state index contributed by atoms with van der Waals surface area (Å²) in [6, 6.07) is 26.0. The second-order valence-corrected chi connectivity index (χ2v) is 10.7. The predicted octanol–water partition coefficient (Wildman–Crippen LogP) is 7.56. The number of hydrogen-bond donors (Lipinski definition) is 0. The van der Waals surface area contributed by atoms with Crippen LogP contribution in [0.3, 0.4) is 0 Å². The average Bonchev–Trinajstić information content (AvgIpc) is 2.87. The Hall–Kier alpha value is -3.52. The summed E-state index contributed by atoms with van der Waals surface area (Å²) in [4.78, 5) is 14.8. The van der Waals surface area contributed by atoms with E-state index in [4.69, 9.17) is 9.47 Å². The number of piperidine rings is 1. The second-order valence-electron chi connectivity index (χ2n) is 10.7. The molecular weight excluding hydrogens is 507 g/mol. The number of halogens is 3. The lowest BCUT2D eigenvalue weighted by Crippen LogP contribution is -2.50. The second kappa shape index (κ2) is 12.1. The molecule has 5 nitrogen and oxygen atoms in total. The zero-order valence-electron chi connectivity index (χ0n) is 22.4. The number of carbonyl (C=O) groups excluding carboxylic acids is 1. The van der Waals surface area contributed by atoms with E-state index in [1.165, 1.54) is 18.2 Å². The Bertz CT molecular complexity index is 1170. The number of ether oxygens (including phenoxy) is 3. The SMILES string of the molecule is CC(C)(C)OC(=O)N1CC[C@H](OCc2cccc(OC(F)(F)F)c2)[C@H](C(c2ccccc2)c2ccccc2)C1. The van der Waals surface area contributed by atoms with Gasteiger partial charge in [0.15, 0.2) is 0 Å². The molecule has 1 aliphatic heterocycles. The standard InChI is InChI=1S/C31H34F3NO4/c1-30(2,3)39-29(36)35-18-17-27(37-21-22-11-10-16-25(19-22)38-31(32,33)34)26(20-35)28(23-12-6-4-7-13-23)24-14-8-5-9-15-24/h4-16,19,26-28H,17-18,20-21H2,1-3H3/t26-,27+/m1/s1. The number of alkyl halides is 3. The van der Waals surface area contributed by atoms with Crippen molar-refractivity contribution in [3.8, 4) is 5.75 Å². The van der Waals surface area contributed by atoms with Crippen LogP contribution in [0.2, 0.25) is 0 Å². The van der Waals surface area contributed by atoms with Crippen LogP contribution in [0.1, 0.15) is 49.8 Å². The molecule has 8 heteroatoms. The lowest BCUT2D eigenvalue weighted by Gasteiger charge is -2.42. The van der Waals surface area contributed by atoms with Gasteiger partial charge >= 0.3 is 12.5 Å². The minimum Gasteiger partial charge on any atom is -0.444 e. The Labute approximate surface area is 227 Å². The average molecular weight is 542 g/mol. The molecule has 3 aromatic carbocycles. The molecular formula is C31H34F3NO4. The first kappa shape index (κ1) is 28.5. The highest BCUT2D eigenvalue weighted by Crippen LogP contribution is 2.39. The molecule has 2 atom stereocenters. The van der Waals surface area contributed by atoms with Crippen molar-refractivity contribution in [2.24, 2.45) is 5.92 Å². The van der Waals surface area contributed by atoms with Gasteiger partial charge in [-0.3, -0.25) is 0 Å². The molecule has 0 saturated carbocycles. The maximum atomic E-state index is 13.0. The molecule has 0 spiro atoms. The van der Waals surface area contributed by atoms with E-state index in [1.54, 1.807) is 11.0 Å². The van der Waals surface area contributed by atoms with Gasteiger partial charge in [-0.2, -0.15) is 0 Å². The first-order valence-electron chi connectivity index (χ1n) is 13.0. The number of rotatable bonds is 7. The molecule has 0 unspecified atom stereocenters.